The topological polar surface area (TPSA) is 41.1 Å². The number of amides is 1. The predicted octanol–water partition coefficient (Wildman–Crippen LogP) is 2.55. The van der Waals surface area contributed by atoms with Gasteiger partial charge in [0.05, 0.1) is 0 Å². The number of hydrogen-bond acceptors (Lipinski definition) is 3. The van der Waals surface area contributed by atoms with Crippen molar-refractivity contribution in [2.45, 2.75) is 12.5 Å². The summed E-state index contributed by atoms with van der Waals surface area (Å²) in [6, 6.07) is 11.7. The minimum Gasteiger partial charge on any atom is -0.354 e. The van der Waals surface area contributed by atoms with Gasteiger partial charge >= 0.3 is 0 Å². The van der Waals surface area contributed by atoms with E-state index >= 15 is 0 Å². The van der Waals surface area contributed by atoms with Crippen LogP contribution < -0.4 is 10.6 Å². The Kier molecular flexibility index (Phi) is 5.21. The van der Waals surface area contributed by atoms with Crippen molar-refractivity contribution in [1.82, 2.24) is 10.6 Å². The summed E-state index contributed by atoms with van der Waals surface area (Å²) in [7, 11) is 1.80. The third kappa shape index (κ3) is 3.85. The van der Waals surface area contributed by atoms with Crippen molar-refractivity contribution in [2.75, 3.05) is 13.6 Å². The van der Waals surface area contributed by atoms with Crippen LogP contribution in [0.4, 0.5) is 0 Å². The smallest absolute Gasteiger partial charge is 0.242 e. The minimum absolute atomic E-state index is 0.0173. The summed E-state index contributed by atoms with van der Waals surface area (Å²) in [5.41, 5.74) is 2.21. The van der Waals surface area contributed by atoms with Crippen LogP contribution >= 0.6 is 11.3 Å². The molecule has 0 aliphatic heterocycles. The first-order chi connectivity index (χ1) is 9.70. The van der Waals surface area contributed by atoms with Gasteiger partial charge in [-0.1, -0.05) is 6.07 Å². The third-order valence-electron chi connectivity index (χ3n) is 3.11. The molecule has 0 bridgehead atoms. The van der Waals surface area contributed by atoms with Gasteiger partial charge in [-0.25, -0.2) is 0 Å². The first kappa shape index (κ1) is 14.6. The van der Waals surface area contributed by atoms with Crippen LogP contribution in [-0.2, 0) is 11.2 Å². The van der Waals surface area contributed by atoms with Crippen molar-refractivity contribution < 1.29 is 4.79 Å². The molecular weight excluding hydrogens is 268 g/mol. The molecule has 0 radical (unpaired) electrons. The maximum atomic E-state index is 12.1. The molecule has 2 N–H and O–H groups in total. The van der Waals surface area contributed by atoms with E-state index < -0.39 is 0 Å². The largest absolute Gasteiger partial charge is 0.354 e. The van der Waals surface area contributed by atoms with Crippen molar-refractivity contribution in [1.29, 1.82) is 0 Å². The van der Waals surface area contributed by atoms with E-state index in [-0.39, 0.29) is 11.9 Å². The summed E-state index contributed by atoms with van der Waals surface area (Å²) >= 11 is 1.59. The molecule has 1 unspecified atom stereocenters. The molecule has 20 heavy (non-hydrogen) atoms. The molecule has 0 fully saturated rings. The number of rotatable bonds is 6. The van der Waals surface area contributed by atoms with E-state index in [0.29, 0.717) is 6.54 Å². The molecule has 2 aromatic rings. The van der Waals surface area contributed by atoms with Crippen molar-refractivity contribution in [3.8, 4) is 0 Å². The summed E-state index contributed by atoms with van der Waals surface area (Å²) in [5, 5.41) is 8.00. The SMILES string of the molecule is [CH2+]c1ccc(CCNC(=O)C(NC)c2cccs2)cc1. The molecule has 0 aliphatic rings. The van der Waals surface area contributed by atoms with E-state index in [9.17, 15) is 4.79 Å². The zero-order chi connectivity index (χ0) is 14.4. The molecule has 2 rings (SSSR count). The van der Waals surface area contributed by atoms with Gasteiger partial charge in [-0.15, -0.1) is 11.3 Å². The van der Waals surface area contributed by atoms with Crippen LogP contribution in [0.1, 0.15) is 22.0 Å². The Morgan fingerprint density at radius 1 is 1.30 bits per heavy atom. The monoisotopic (exact) mass is 287 g/mol. The lowest BCUT2D eigenvalue weighted by molar-refractivity contribution is -0.123. The zero-order valence-electron chi connectivity index (χ0n) is 11.6. The van der Waals surface area contributed by atoms with Crippen molar-refractivity contribution in [2.24, 2.45) is 0 Å². The van der Waals surface area contributed by atoms with Crippen LogP contribution in [0.3, 0.4) is 0 Å². The van der Waals surface area contributed by atoms with E-state index in [4.69, 9.17) is 0 Å². The second-order valence-corrected chi connectivity index (χ2v) is 5.57. The first-order valence-electron chi connectivity index (χ1n) is 6.60. The molecule has 0 spiro atoms. The summed E-state index contributed by atoms with van der Waals surface area (Å²) in [6.07, 6.45) is 0.826. The molecule has 1 aromatic carbocycles. The number of carbonyl (C=O) groups excluding carboxylic acids is 1. The maximum Gasteiger partial charge on any atom is 0.242 e. The highest BCUT2D eigenvalue weighted by Gasteiger charge is 2.18. The molecule has 4 heteroatoms. The quantitative estimate of drug-likeness (QED) is 0.802. The second-order valence-electron chi connectivity index (χ2n) is 4.59. The van der Waals surface area contributed by atoms with Gasteiger partial charge in [-0.05, 0) is 42.6 Å². The first-order valence-corrected chi connectivity index (χ1v) is 7.48. The van der Waals surface area contributed by atoms with Crippen molar-refractivity contribution in [3.05, 3.63) is 64.7 Å². The fourth-order valence-corrected chi connectivity index (χ4v) is 2.83. The molecule has 3 nitrogen and oxygen atoms in total. The second kappa shape index (κ2) is 7.12. The Morgan fingerprint density at radius 2 is 2.05 bits per heavy atom. The standard InChI is InChI=1S/C16H18N2OS/c1-12-5-7-13(8-6-12)9-10-18-16(19)15(17-2)14-4-3-11-20-14/h3-8,11,15,17H,1,9-10H2,2H3/p+1. The van der Waals surface area contributed by atoms with Gasteiger partial charge in [0.15, 0.2) is 0 Å². The molecule has 1 atom stereocenters. The summed E-state index contributed by atoms with van der Waals surface area (Å²) in [5.74, 6) is 0.0173. The Bertz CT molecular complexity index is 534. The molecule has 0 saturated heterocycles. The van der Waals surface area contributed by atoms with Crippen molar-refractivity contribution in [3.63, 3.8) is 0 Å². The maximum absolute atomic E-state index is 12.1. The third-order valence-corrected chi connectivity index (χ3v) is 4.05. The van der Waals surface area contributed by atoms with Crippen LogP contribution in [-0.4, -0.2) is 19.5 Å². The van der Waals surface area contributed by atoms with Crippen LogP contribution in [0, 0.1) is 6.92 Å². The highest BCUT2D eigenvalue weighted by Crippen LogP contribution is 2.18. The Balaban J connectivity index is 1.84. The van der Waals surface area contributed by atoms with Gasteiger partial charge < -0.3 is 10.6 Å². The van der Waals surface area contributed by atoms with Crippen LogP contribution in [0.15, 0.2) is 41.8 Å². The van der Waals surface area contributed by atoms with Gasteiger partial charge in [0.1, 0.15) is 11.6 Å². The number of likely N-dealkylation sites (N-methyl/N-ethyl adjacent to an activating group) is 1. The van der Waals surface area contributed by atoms with E-state index in [2.05, 4.69) is 17.6 Å². The van der Waals surface area contributed by atoms with Gasteiger partial charge in [-0.2, -0.15) is 0 Å². The number of benzene rings is 1. The van der Waals surface area contributed by atoms with E-state index in [1.807, 2.05) is 41.8 Å². The lowest BCUT2D eigenvalue weighted by atomic mass is 10.1. The number of carbonyl (C=O) groups is 1. The van der Waals surface area contributed by atoms with Crippen LogP contribution in [0.25, 0.3) is 0 Å². The van der Waals surface area contributed by atoms with E-state index in [1.54, 1.807) is 18.4 Å². The highest BCUT2D eigenvalue weighted by atomic mass is 32.1. The van der Waals surface area contributed by atoms with Gasteiger partial charge in [-0.3, -0.25) is 4.79 Å². The average molecular weight is 287 g/mol. The zero-order valence-corrected chi connectivity index (χ0v) is 12.4. The summed E-state index contributed by atoms with van der Waals surface area (Å²) < 4.78 is 0. The molecule has 1 aromatic heterocycles. The van der Waals surface area contributed by atoms with Gasteiger partial charge in [0, 0.05) is 30.5 Å². The molecular formula is C16H19N2OS+. The summed E-state index contributed by atoms with van der Waals surface area (Å²) in [6.45, 7) is 4.49. The Morgan fingerprint density at radius 3 is 2.65 bits per heavy atom. The number of thiophene rings is 1. The van der Waals surface area contributed by atoms with E-state index in [0.717, 1.165) is 16.9 Å². The Labute approximate surface area is 124 Å². The Hall–Kier alpha value is -1.78. The fraction of sp³-hybridized carbons (Fsp3) is 0.250. The van der Waals surface area contributed by atoms with Gasteiger partial charge in [0.2, 0.25) is 5.91 Å². The van der Waals surface area contributed by atoms with Gasteiger partial charge in [0.25, 0.3) is 0 Å². The predicted molar refractivity (Wildman–Crippen MR) is 83.7 cm³/mol. The molecule has 1 amide bonds. The number of nitrogens with one attached hydrogen (secondary N) is 2. The average Bonchev–Trinajstić information content (AvgIpc) is 2.96. The van der Waals surface area contributed by atoms with Crippen LogP contribution in [0.2, 0.25) is 0 Å². The normalized spacial score (nSPS) is 12.1. The lowest BCUT2D eigenvalue weighted by Crippen LogP contribution is -2.36. The summed E-state index contributed by atoms with van der Waals surface area (Å²) in [4.78, 5) is 13.2. The lowest BCUT2D eigenvalue weighted by Gasteiger charge is -2.14. The highest BCUT2D eigenvalue weighted by molar-refractivity contribution is 7.10. The van der Waals surface area contributed by atoms with E-state index in [1.165, 1.54) is 5.56 Å². The molecule has 104 valence electrons. The molecule has 1 heterocycles. The fourth-order valence-electron chi connectivity index (χ4n) is 2.00. The number of hydrogen-bond donors (Lipinski definition) is 2. The molecule has 0 aliphatic carbocycles. The van der Waals surface area contributed by atoms with Crippen LogP contribution in [0.5, 0.6) is 0 Å². The minimum atomic E-state index is -0.266. The van der Waals surface area contributed by atoms with Crippen molar-refractivity contribution >= 4 is 17.2 Å². The molecule has 0 saturated carbocycles.